The Kier molecular flexibility index (Phi) is 4.34. The van der Waals surface area contributed by atoms with Crippen molar-refractivity contribution in [2.24, 2.45) is 0 Å². The molecule has 6 aromatic rings. The highest BCUT2D eigenvalue weighted by molar-refractivity contribution is 9.10. The molecule has 7 rings (SSSR count). The molecule has 4 aromatic heterocycles. The van der Waals surface area contributed by atoms with E-state index in [0.29, 0.717) is 21.2 Å². The van der Waals surface area contributed by atoms with E-state index in [-0.39, 0.29) is 11.9 Å². The summed E-state index contributed by atoms with van der Waals surface area (Å²) in [6.07, 6.45) is 6.65. The van der Waals surface area contributed by atoms with Crippen molar-refractivity contribution >= 4 is 44.0 Å². The predicted molar refractivity (Wildman–Crippen MR) is 136 cm³/mol. The van der Waals surface area contributed by atoms with Crippen LogP contribution in [0, 0.1) is 0 Å². The molecular formula is C26H16BrN7O. The zero-order chi connectivity index (χ0) is 23.5. The van der Waals surface area contributed by atoms with Crippen LogP contribution in [0.15, 0.2) is 77.9 Å². The maximum absolute atomic E-state index is 13.6. The number of amides is 1. The first-order valence-corrected chi connectivity index (χ1v) is 11.8. The maximum atomic E-state index is 13.6. The monoisotopic (exact) mass is 521 g/mol. The lowest BCUT2D eigenvalue weighted by atomic mass is 9.98. The van der Waals surface area contributed by atoms with Crippen molar-refractivity contribution in [2.75, 3.05) is 0 Å². The first-order chi connectivity index (χ1) is 17.2. The Morgan fingerprint density at radius 2 is 1.83 bits per heavy atom. The minimum Gasteiger partial charge on any atom is -0.341 e. The third-order valence-corrected chi connectivity index (χ3v) is 6.99. The molecule has 0 aliphatic heterocycles. The number of rotatable bonds is 3. The van der Waals surface area contributed by atoms with Gasteiger partial charge in [-0.25, -0.2) is 15.0 Å². The van der Waals surface area contributed by atoms with Crippen molar-refractivity contribution in [3.05, 3.63) is 94.6 Å². The molecule has 35 heavy (non-hydrogen) atoms. The van der Waals surface area contributed by atoms with E-state index >= 15 is 0 Å². The van der Waals surface area contributed by atoms with Gasteiger partial charge in [-0.2, -0.15) is 0 Å². The number of carbonyl (C=O) groups excluding carboxylic acids is 1. The van der Waals surface area contributed by atoms with Crippen LogP contribution in [0.3, 0.4) is 0 Å². The second-order valence-corrected chi connectivity index (χ2v) is 9.18. The zero-order valence-electron chi connectivity index (χ0n) is 18.1. The van der Waals surface area contributed by atoms with Crippen LogP contribution in [-0.2, 0) is 0 Å². The summed E-state index contributed by atoms with van der Waals surface area (Å²) in [6, 6.07) is 15.8. The lowest BCUT2D eigenvalue weighted by Crippen LogP contribution is -2.28. The molecule has 0 saturated carbocycles. The Balaban J connectivity index is 1.37. The van der Waals surface area contributed by atoms with Crippen LogP contribution in [-0.4, -0.2) is 35.8 Å². The van der Waals surface area contributed by atoms with E-state index in [4.69, 9.17) is 4.98 Å². The third kappa shape index (κ3) is 3.01. The molecule has 0 radical (unpaired) electrons. The number of carbonyl (C=O) groups is 1. The van der Waals surface area contributed by atoms with E-state index < -0.39 is 0 Å². The molecule has 1 unspecified atom stereocenters. The number of aromatic amines is 2. The van der Waals surface area contributed by atoms with Crippen molar-refractivity contribution in [1.82, 2.24) is 35.2 Å². The highest BCUT2D eigenvalue weighted by Gasteiger charge is 2.33. The fourth-order valence-corrected chi connectivity index (χ4v) is 5.35. The SMILES string of the molecule is O=C(NC1c2ccccc2-c2c(-c3nc4ccncc4[nH]3)cccc21)c1c(Br)cnc2[nH]cnc12. The molecule has 0 fully saturated rings. The number of benzene rings is 2. The molecule has 1 atom stereocenters. The summed E-state index contributed by atoms with van der Waals surface area (Å²) in [5, 5.41) is 3.24. The first-order valence-electron chi connectivity index (χ1n) is 11.0. The van der Waals surface area contributed by atoms with E-state index in [0.717, 1.165) is 44.7 Å². The number of hydrogen-bond donors (Lipinski definition) is 3. The molecule has 1 aliphatic rings. The first kappa shape index (κ1) is 20.0. The number of pyridine rings is 2. The Hall–Kier alpha value is -4.37. The lowest BCUT2D eigenvalue weighted by molar-refractivity contribution is 0.0944. The van der Waals surface area contributed by atoms with E-state index in [1.165, 1.54) is 6.33 Å². The van der Waals surface area contributed by atoms with Gasteiger partial charge in [0.25, 0.3) is 5.91 Å². The van der Waals surface area contributed by atoms with Crippen LogP contribution < -0.4 is 5.32 Å². The smallest absolute Gasteiger partial charge is 0.255 e. The highest BCUT2D eigenvalue weighted by Crippen LogP contribution is 2.47. The summed E-state index contributed by atoms with van der Waals surface area (Å²) in [6.45, 7) is 0. The summed E-state index contributed by atoms with van der Waals surface area (Å²) < 4.78 is 0.589. The van der Waals surface area contributed by atoms with Gasteiger partial charge in [0.05, 0.1) is 39.6 Å². The Labute approximate surface area is 207 Å². The second kappa shape index (κ2) is 7.57. The molecule has 0 saturated heterocycles. The zero-order valence-corrected chi connectivity index (χ0v) is 19.7. The quantitative estimate of drug-likeness (QED) is 0.297. The average molecular weight is 522 g/mol. The molecule has 0 spiro atoms. The van der Waals surface area contributed by atoms with Crippen molar-refractivity contribution in [2.45, 2.75) is 6.04 Å². The van der Waals surface area contributed by atoms with Gasteiger partial charge in [-0.15, -0.1) is 0 Å². The van der Waals surface area contributed by atoms with Crippen LogP contribution in [0.25, 0.3) is 44.7 Å². The Morgan fingerprint density at radius 3 is 2.74 bits per heavy atom. The van der Waals surface area contributed by atoms with Crippen LogP contribution in [0.4, 0.5) is 0 Å². The molecule has 9 heteroatoms. The number of halogens is 1. The van der Waals surface area contributed by atoms with Crippen LogP contribution in [0.5, 0.6) is 0 Å². The van der Waals surface area contributed by atoms with Crippen LogP contribution in [0.2, 0.25) is 0 Å². The maximum Gasteiger partial charge on any atom is 0.255 e. The summed E-state index contributed by atoms with van der Waals surface area (Å²) in [4.78, 5) is 37.5. The van der Waals surface area contributed by atoms with Crippen LogP contribution in [0.1, 0.15) is 27.5 Å². The number of hydrogen-bond acceptors (Lipinski definition) is 5. The Bertz CT molecular complexity index is 1750. The van der Waals surface area contributed by atoms with Gasteiger partial charge in [0, 0.05) is 18.0 Å². The van der Waals surface area contributed by atoms with E-state index in [2.05, 4.69) is 70.4 Å². The number of imidazole rings is 2. The molecule has 4 heterocycles. The van der Waals surface area contributed by atoms with Gasteiger partial charge in [-0.05, 0) is 44.3 Å². The lowest BCUT2D eigenvalue weighted by Gasteiger charge is -2.17. The standard InChI is InChI=1S/C26H16BrN7O/c27-17-10-29-25-23(30-12-31-25)21(17)26(35)34-22-14-5-2-1-4-13(14)20-15(22)6-3-7-16(20)24-32-18-8-9-28-11-19(18)33-24/h1-12,22H,(H,32,33)(H,34,35)(H,29,30,31). The van der Waals surface area contributed by atoms with Gasteiger partial charge in [-0.3, -0.25) is 9.78 Å². The normalized spacial score (nSPS) is 14.3. The highest BCUT2D eigenvalue weighted by atomic mass is 79.9. The number of fused-ring (bicyclic) bond motifs is 5. The van der Waals surface area contributed by atoms with Crippen molar-refractivity contribution < 1.29 is 4.79 Å². The summed E-state index contributed by atoms with van der Waals surface area (Å²) in [5.74, 6) is 0.533. The minimum atomic E-state index is -0.325. The number of aromatic nitrogens is 6. The van der Waals surface area contributed by atoms with Gasteiger partial charge >= 0.3 is 0 Å². The van der Waals surface area contributed by atoms with E-state index in [1.807, 2.05) is 24.3 Å². The van der Waals surface area contributed by atoms with Gasteiger partial charge in [0.2, 0.25) is 0 Å². The van der Waals surface area contributed by atoms with Crippen LogP contribution >= 0.6 is 15.9 Å². The van der Waals surface area contributed by atoms with Crippen molar-refractivity contribution in [1.29, 1.82) is 0 Å². The molecule has 8 nitrogen and oxygen atoms in total. The molecule has 0 bridgehead atoms. The minimum absolute atomic E-state index is 0.232. The Morgan fingerprint density at radius 1 is 0.971 bits per heavy atom. The van der Waals surface area contributed by atoms with Gasteiger partial charge in [0.15, 0.2) is 5.65 Å². The molecule has 168 valence electrons. The summed E-state index contributed by atoms with van der Waals surface area (Å²) in [7, 11) is 0. The number of nitrogens with zero attached hydrogens (tertiary/aromatic N) is 4. The average Bonchev–Trinajstić information content (AvgIpc) is 3.60. The largest absolute Gasteiger partial charge is 0.341 e. The summed E-state index contributed by atoms with van der Waals surface area (Å²) in [5.41, 5.74) is 8.41. The molecule has 2 aromatic carbocycles. The van der Waals surface area contributed by atoms with Gasteiger partial charge in [0.1, 0.15) is 11.3 Å². The number of H-pyrrole nitrogens is 2. The summed E-state index contributed by atoms with van der Waals surface area (Å²) >= 11 is 3.48. The second-order valence-electron chi connectivity index (χ2n) is 8.32. The van der Waals surface area contributed by atoms with E-state index in [1.54, 1.807) is 18.6 Å². The number of nitrogens with one attached hydrogen (secondary N) is 3. The predicted octanol–water partition coefficient (Wildman–Crippen LogP) is 5.16. The van der Waals surface area contributed by atoms with Crippen molar-refractivity contribution in [3.8, 4) is 22.5 Å². The van der Waals surface area contributed by atoms with Gasteiger partial charge < -0.3 is 15.3 Å². The fourth-order valence-electron chi connectivity index (χ4n) is 4.88. The third-order valence-electron chi connectivity index (χ3n) is 6.39. The van der Waals surface area contributed by atoms with Gasteiger partial charge in [-0.1, -0.05) is 42.5 Å². The molecule has 3 N–H and O–H groups in total. The molecular weight excluding hydrogens is 506 g/mol. The fraction of sp³-hybridized carbons (Fsp3) is 0.0385. The topological polar surface area (TPSA) is 112 Å². The van der Waals surface area contributed by atoms with Crippen molar-refractivity contribution in [3.63, 3.8) is 0 Å². The molecule has 1 aliphatic carbocycles. The van der Waals surface area contributed by atoms with E-state index in [9.17, 15) is 4.79 Å². The molecule has 1 amide bonds.